The minimum atomic E-state index is -4.47. The van der Waals surface area contributed by atoms with Crippen LogP contribution in [-0.2, 0) is 11.3 Å². The molecule has 1 aromatic carbocycles. The lowest BCUT2D eigenvalue weighted by Gasteiger charge is -2.43. The Balaban J connectivity index is 2.13. The molecular formula is C23H21F3N4O2. The molecule has 2 atom stereocenters. The summed E-state index contributed by atoms with van der Waals surface area (Å²) in [5.41, 5.74) is 6.15. The van der Waals surface area contributed by atoms with Crippen molar-refractivity contribution in [3.05, 3.63) is 52.2 Å². The molecule has 1 aromatic rings. The maximum Gasteiger partial charge on any atom is 0.411 e. The number of fused-ring (bicyclic) bond motifs is 1. The third-order valence-electron chi connectivity index (χ3n) is 5.99. The van der Waals surface area contributed by atoms with E-state index in [0.717, 1.165) is 12.8 Å². The second kappa shape index (κ2) is 8.94. The monoisotopic (exact) mass is 442 g/mol. The van der Waals surface area contributed by atoms with E-state index in [0.29, 0.717) is 28.9 Å². The van der Waals surface area contributed by atoms with E-state index in [1.54, 1.807) is 18.2 Å². The molecule has 0 aliphatic heterocycles. The highest BCUT2D eigenvalue weighted by Crippen LogP contribution is 2.56. The standard InChI is InChI=1S/C23H21F3N4O2/c1-31-19-7-6-14(8-15(19)10-32-13-23(24,25)26)20-17-5-3-2-4-16(17)18(9-27)21(30)22(20,11-28)12-29/h4,6-8,17,20H,2-3,5,10,13,30H2,1H3/t17-,20-/m1/s1. The Hall–Kier alpha value is -3.48. The van der Waals surface area contributed by atoms with E-state index in [1.807, 2.05) is 18.2 Å². The Bertz CT molecular complexity index is 1070. The van der Waals surface area contributed by atoms with Gasteiger partial charge in [0.15, 0.2) is 5.41 Å². The summed E-state index contributed by atoms with van der Waals surface area (Å²) < 4.78 is 47.6. The van der Waals surface area contributed by atoms with Crippen LogP contribution in [0.5, 0.6) is 5.75 Å². The third kappa shape index (κ3) is 4.02. The van der Waals surface area contributed by atoms with Crippen LogP contribution in [0.1, 0.15) is 36.3 Å². The Morgan fingerprint density at radius 3 is 2.53 bits per heavy atom. The van der Waals surface area contributed by atoms with E-state index < -0.39 is 24.1 Å². The van der Waals surface area contributed by atoms with Gasteiger partial charge in [0.2, 0.25) is 0 Å². The number of methoxy groups -OCH3 is 1. The lowest BCUT2D eigenvalue weighted by molar-refractivity contribution is -0.176. The van der Waals surface area contributed by atoms with Gasteiger partial charge in [0.25, 0.3) is 0 Å². The van der Waals surface area contributed by atoms with Crippen molar-refractivity contribution in [1.29, 1.82) is 15.8 Å². The van der Waals surface area contributed by atoms with Crippen molar-refractivity contribution in [2.75, 3.05) is 13.7 Å². The summed E-state index contributed by atoms with van der Waals surface area (Å²) in [4.78, 5) is 0. The third-order valence-corrected chi connectivity index (χ3v) is 5.99. The first-order chi connectivity index (χ1) is 15.2. The number of nitrogens with zero attached hydrogens (tertiary/aromatic N) is 3. The quantitative estimate of drug-likeness (QED) is 0.724. The highest BCUT2D eigenvalue weighted by molar-refractivity contribution is 5.59. The Morgan fingerprint density at radius 2 is 1.94 bits per heavy atom. The minimum absolute atomic E-state index is 0.0925. The summed E-state index contributed by atoms with van der Waals surface area (Å²) in [5, 5.41) is 29.8. The maximum atomic E-state index is 12.5. The Morgan fingerprint density at radius 1 is 1.22 bits per heavy atom. The van der Waals surface area contributed by atoms with Gasteiger partial charge in [-0.05, 0) is 48.4 Å². The van der Waals surface area contributed by atoms with Crippen molar-refractivity contribution in [3.63, 3.8) is 0 Å². The zero-order valence-corrected chi connectivity index (χ0v) is 17.4. The largest absolute Gasteiger partial charge is 0.496 e. The fraction of sp³-hybridized carbons (Fsp3) is 0.435. The van der Waals surface area contributed by atoms with E-state index in [9.17, 15) is 29.0 Å². The maximum absolute atomic E-state index is 12.5. The lowest BCUT2D eigenvalue weighted by atomic mass is 9.56. The number of ether oxygens (including phenoxy) is 2. The van der Waals surface area contributed by atoms with Crippen molar-refractivity contribution >= 4 is 0 Å². The normalized spacial score (nSPS) is 22.1. The molecule has 0 amide bonds. The van der Waals surface area contributed by atoms with E-state index in [4.69, 9.17) is 15.2 Å². The molecule has 2 N–H and O–H groups in total. The highest BCUT2D eigenvalue weighted by Gasteiger charge is 2.53. The lowest BCUT2D eigenvalue weighted by Crippen LogP contribution is -2.42. The molecule has 32 heavy (non-hydrogen) atoms. The van der Waals surface area contributed by atoms with Crippen LogP contribution < -0.4 is 10.5 Å². The summed E-state index contributed by atoms with van der Waals surface area (Å²) in [6.45, 7) is -1.78. The first-order valence-electron chi connectivity index (χ1n) is 9.97. The number of rotatable bonds is 5. The summed E-state index contributed by atoms with van der Waals surface area (Å²) in [6, 6.07) is 11.0. The van der Waals surface area contributed by atoms with E-state index in [-0.39, 0.29) is 23.8 Å². The van der Waals surface area contributed by atoms with Crippen molar-refractivity contribution in [2.24, 2.45) is 17.1 Å². The number of alkyl halides is 3. The molecule has 6 nitrogen and oxygen atoms in total. The zero-order valence-electron chi connectivity index (χ0n) is 17.4. The van der Waals surface area contributed by atoms with Gasteiger partial charge in [-0.15, -0.1) is 0 Å². The number of benzene rings is 1. The van der Waals surface area contributed by atoms with Crippen molar-refractivity contribution < 1.29 is 22.6 Å². The van der Waals surface area contributed by atoms with Crippen LogP contribution in [0.4, 0.5) is 13.2 Å². The highest BCUT2D eigenvalue weighted by atomic mass is 19.4. The Labute approximate surface area is 183 Å². The van der Waals surface area contributed by atoms with Gasteiger partial charge in [0.05, 0.1) is 37.1 Å². The smallest absolute Gasteiger partial charge is 0.411 e. The average Bonchev–Trinajstić information content (AvgIpc) is 2.77. The molecule has 0 unspecified atom stereocenters. The van der Waals surface area contributed by atoms with Crippen molar-refractivity contribution in [3.8, 4) is 24.0 Å². The molecule has 0 saturated carbocycles. The molecule has 0 heterocycles. The van der Waals surface area contributed by atoms with Gasteiger partial charge >= 0.3 is 6.18 Å². The molecule has 0 spiro atoms. The van der Waals surface area contributed by atoms with Crippen LogP contribution >= 0.6 is 0 Å². The molecule has 2 aliphatic carbocycles. The summed E-state index contributed by atoms with van der Waals surface area (Å²) in [6.07, 6.45) is -0.343. The van der Waals surface area contributed by atoms with Crippen LogP contribution in [0, 0.1) is 45.3 Å². The van der Waals surface area contributed by atoms with Gasteiger partial charge in [0.1, 0.15) is 18.4 Å². The molecule has 166 valence electrons. The van der Waals surface area contributed by atoms with Crippen LogP contribution in [0.3, 0.4) is 0 Å². The molecule has 3 rings (SSSR count). The molecule has 0 saturated heterocycles. The van der Waals surface area contributed by atoms with Crippen LogP contribution in [0.15, 0.2) is 41.1 Å². The number of halogens is 3. The number of hydrogen-bond acceptors (Lipinski definition) is 6. The topological polar surface area (TPSA) is 116 Å². The number of hydrogen-bond donors (Lipinski definition) is 1. The molecule has 0 radical (unpaired) electrons. The van der Waals surface area contributed by atoms with Crippen molar-refractivity contribution in [2.45, 2.75) is 38.0 Å². The first kappa shape index (κ1) is 23.2. The predicted octanol–water partition coefficient (Wildman–Crippen LogP) is 4.37. The minimum Gasteiger partial charge on any atom is -0.496 e. The van der Waals surface area contributed by atoms with Gasteiger partial charge < -0.3 is 15.2 Å². The Kier molecular flexibility index (Phi) is 6.48. The van der Waals surface area contributed by atoms with E-state index >= 15 is 0 Å². The van der Waals surface area contributed by atoms with Gasteiger partial charge in [-0.2, -0.15) is 29.0 Å². The van der Waals surface area contributed by atoms with Crippen LogP contribution in [0.2, 0.25) is 0 Å². The summed E-state index contributed by atoms with van der Waals surface area (Å²) in [5.74, 6) is -0.678. The fourth-order valence-corrected chi connectivity index (χ4v) is 4.63. The molecule has 9 heteroatoms. The predicted molar refractivity (Wildman–Crippen MR) is 107 cm³/mol. The molecular weight excluding hydrogens is 421 g/mol. The van der Waals surface area contributed by atoms with Gasteiger partial charge in [0, 0.05) is 11.5 Å². The molecule has 2 aliphatic rings. The summed E-state index contributed by atoms with van der Waals surface area (Å²) >= 11 is 0. The molecule has 0 fully saturated rings. The zero-order chi connectivity index (χ0) is 23.5. The second-order valence-electron chi connectivity index (χ2n) is 7.79. The molecule has 0 aromatic heterocycles. The van der Waals surface area contributed by atoms with Gasteiger partial charge in [-0.3, -0.25) is 0 Å². The van der Waals surface area contributed by atoms with Crippen LogP contribution in [-0.4, -0.2) is 19.9 Å². The fourth-order valence-electron chi connectivity index (χ4n) is 4.63. The number of allylic oxidation sites excluding steroid dienone is 4. The number of nitrogens with two attached hydrogens (primary N) is 1. The van der Waals surface area contributed by atoms with E-state index in [2.05, 4.69) is 6.07 Å². The van der Waals surface area contributed by atoms with Crippen molar-refractivity contribution in [1.82, 2.24) is 0 Å². The van der Waals surface area contributed by atoms with Gasteiger partial charge in [-0.1, -0.05) is 12.1 Å². The SMILES string of the molecule is COc1ccc([C@@H]2[C@@H]3CCCC=C3C(C#N)=C(N)C2(C#N)C#N)cc1COCC(F)(F)F. The average molecular weight is 442 g/mol. The van der Waals surface area contributed by atoms with Gasteiger partial charge in [-0.25, -0.2) is 0 Å². The summed E-state index contributed by atoms with van der Waals surface area (Å²) in [7, 11) is 1.39. The van der Waals surface area contributed by atoms with Crippen LogP contribution in [0.25, 0.3) is 0 Å². The number of nitriles is 3. The first-order valence-corrected chi connectivity index (χ1v) is 9.97. The second-order valence-corrected chi connectivity index (χ2v) is 7.79. The van der Waals surface area contributed by atoms with E-state index in [1.165, 1.54) is 7.11 Å². The molecule has 0 bridgehead atoms.